The van der Waals surface area contributed by atoms with Gasteiger partial charge in [-0.1, -0.05) is 18.2 Å². The number of pyridine rings is 1. The smallest absolute Gasteiger partial charge is 0.272 e. The Morgan fingerprint density at radius 3 is 2.45 bits per heavy atom. The van der Waals surface area contributed by atoms with E-state index in [2.05, 4.69) is 15.4 Å². The highest BCUT2D eigenvalue weighted by Crippen LogP contribution is 2.26. The Morgan fingerprint density at radius 1 is 0.968 bits per heavy atom. The molecule has 1 amide bonds. The van der Waals surface area contributed by atoms with Crippen LogP contribution in [0.2, 0.25) is 0 Å². The number of hydrogen-bond donors (Lipinski definition) is 1. The Morgan fingerprint density at radius 2 is 1.74 bits per heavy atom. The van der Waals surface area contributed by atoms with Gasteiger partial charge in [0.05, 0.1) is 25.6 Å². The van der Waals surface area contributed by atoms with E-state index in [4.69, 9.17) is 9.47 Å². The van der Waals surface area contributed by atoms with Gasteiger partial charge in [0.2, 0.25) is 5.88 Å². The predicted octanol–water partition coefficient (Wildman–Crippen LogP) is 3.88. The van der Waals surface area contributed by atoms with Gasteiger partial charge in [-0.15, -0.1) is 0 Å². The molecule has 31 heavy (non-hydrogen) atoms. The summed E-state index contributed by atoms with van der Waals surface area (Å²) in [4.78, 5) is 16.9. The molecule has 0 bridgehead atoms. The molecule has 0 atom stereocenters. The minimum atomic E-state index is -0.264. The van der Waals surface area contributed by atoms with E-state index in [1.165, 1.54) is 0 Å². The van der Waals surface area contributed by atoms with Crippen LogP contribution in [0, 0.1) is 0 Å². The third-order valence-corrected chi connectivity index (χ3v) is 4.79. The fourth-order valence-electron chi connectivity index (χ4n) is 3.17. The Labute approximate surface area is 180 Å². The molecular formula is C24H22N4O3. The number of aromatic nitrogens is 3. The fraction of sp³-hybridized carbons (Fsp3) is 0.125. The molecular weight excluding hydrogens is 392 g/mol. The maximum Gasteiger partial charge on any atom is 0.272 e. The molecule has 2 aromatic heterocycles. The maximum atomic E-state index is 12.8. The van der Waals surface area contributed by atoms with E-state index in [1.807, 2.05) is 60.7 Å². The van der Waals surface area contributed by atoms with E-state index in [9.17, 15) is 4.79 Å². The van der Waals surface area contributed by atoms with Crippen LogP contribution in [0.3, 0.4) is 0 Å². The van der Waals surface area contributed by atoms with E-state index in [1.54, 1.807) is 37.2 Å². The number of benzene rings is 2. The van der Waals surface area contributed by atoms with Crippen LogP contribution >= 0.6 is 0 Å². The number of carbonyl (C=O) groups excluding carboxylic acids is 1. The lowest BCUT2D eigenvalue weighted by atomic mass is 10.1. The molecule has 0 aliphatic heterocycles. The summed E-state index contributed by atoms with van der Waals surface area (Å²) in [6.45, 7) is 0.341. The number of para-hydroxylation sites is 1. The van der Waals surface area contributed by atoms with Crippen molar-refractivity contribution in [1.29, 1.82) is 0 Å². The lowest BCUT2D eigenvalue weighted by Gasteiger charge is -2.08. The number of amides is 1. The van der Waals surface area contributed by atoms with Crippen molar-refractivity contribution in [1.82, 2.24) is 20.1 Å². The van der Waals surface area contributed by atoms with Crippen LogP contribution in [-0.4, -0.2) is 34.9 Å². The Kier molecular flexibility index (Phi) is 5.93. The highest BCUT2D eigenvalue weighted by Gasteiger charge is 2.17. The second-order valence-corrected chi connectivity index (χ2v) is 6.78. The number of ether oxygens (including phenoxy) is 2. The van der Waals surface area contributed by atoms with Crippen molar-refractivity contribution in [2.24, 2.45) is 0 Å². The summed E-state index contributed by atoms with van der Waals surface area (Å²) in [6.07, 6.45) is 1.65. The van der Waals surface area contributed by atoms with Gasteiger partial charge in [-0.2, -0.15) is 5.10 Å². The minimum absolute atomic E-state index is 0.264. The summed E-state index contributed by atoms with van der Waals surface area (Å²) in [5, 5.41) is 7.49. The second kappa shape index (κ2) is 9.13. The molecule has 0 spiro atoms. The van der Waals surface area contributed by atoms with Crippen LogP contribution in [0.4, 0.5) is 0 Å². The summed E-state index contributed by atoms with van der Waals surface area (Å²) >= 11 is 0. The highest BCUT2D eigenvalue weighted by atomic mass is 16.5. The molecule has 0 unspecified atom stereocenters. The molecule has 0 saturated heterocycles. The highest BCUT2D eigenvalue weighted by molar-refractivity contribution is 5.93. The quantitative estimate of drug-likeness (QED) is 0.497. The minimum Gasteiger partial charge on any atom is -0.497 e. The van der Waals surface area contributed by atoms with Gasteiger partial charge in [0, 0.05) is 24.4 Å². The Hall–Kier alpha value is -4.13. The van der Waals surface area contributed by atoms with Crippen molar-refractivity contribution in [2.45, 2.75) is 6.54 Å². The van der Waals surface area contributed by atoms with Gasteiger partial charge in [-0.25, -0.2) is 9.67 Å². The van der Waals surface area contributed by atoms with Crippen LogP contribution in [0.5, 0.6) is 11.6 Å². The SMILES string of the molecule is COc1ccc(-c2cc(C(=O)NCc3ccnc(OC)c3)nn2-c2ccccc2)cc1. The van der Waals surface area contributed by atoms with Crippen LogP contribution in [-0.2, 0) is 6.54 Å². The van der Waals surface area contributed by atoms with E-state index >= 15 is 0 Å². The molecule has 7 nitrogen and oxygen atoms in total. The molecule has 4 aromatic rings. The normalized spacial score (nSPS) is 10.5. The van der Waals surface area contributed by atoms with E-state index in [-0.39, 0.29) is 5.91 Å². The molecule has 4 rings (SSSR count). The van der Waals surface area contributed by atoms with E-state index in [0.717, 1.165) is 28.3 Å². The molecule has 7 heteroatoms. The van der Waals surface area contributed by atoms with E-state index < -0.39 is 0 Å². The van der Waals surface area contributed by atoms with Gasteiger partial charge in [-0.05, 0) is 54.1 Å². The van der Waals surface area contributed by atoms with Crippen LogP contribution < -0.4 is 14.8 Å². The average molecular weight is 414 g/mol. The van der Waals surface area contributed by atoms with Crippen LogP contribution in [0.15, 0.2) is 79.0 Å². The van der Waals surface area contributed by atoms with Crippen LogP contribution in [0.25, 0.3) is 16.9 Å². The molecule has 0 saturated carbocycles. The summed E-state index contributed by atoms with van der Waals surface area (Å²) in [6, 6.07) is 22.8. The summed E-state index contributed by atoms with van der Waals surface area (Å²) in [5.41, 5.74) is 3.82. The first kappa shape index (κ1) is 20.2. The monoisotopic (exact) mass is 414 g/mol. The molecule has 0 radical (unpaired) electrons. The largest absolute Gasteiger partial charge is 0.497 e. The third kappa shape index (κ3) is 4.56. The zero-order valence-electron chi connectivity index (χ0n) is 17.3. The van der Waals surface area contributed by atoms with Crippen molar-refractivity contribution in [3.8, 4) is 28.6 Å². The maximum absolute atomic E-state index is 12.8. The molecule has 1 N–H and O–H groups in total. The van der Waals surface area contributed by atoms with Crippen molar-refractivity contribution >= 4 is 5.91 Å². The third-order valence-electron chi connectivity index (χ3n) is 4.79. The lowest BCUT2D eigenvalue weighted by molar-refractivity contribution is 0.0945. The fourth-order valence-corrected chi connectivity index (χ4v) is 3.17. The first-order valence-electron chi connectivity index (χ1n) is 9.75. The van der Waals surface area contributed by atoms with Crippen molar-refractivity contribution in [3.05, 3.63) is 90.3 Å². The average Bonchev–Trinajstić information content (AvgIpc) is 3.29. The zero-order valence-corrected chi connectivity index (χ0v) is 17.3. The summed E-state index contributed by atoms with van der Waals surface area (Å²) < 4.78 is 12.2. The molecule has 156 valence electrons. The second-order valence-electron chi connectivity index (χ2n) is 6.78. The van der Waals surface area contributed by atoms with Crippen molar-refractivity contribution in [2.75, 3.05) is 14.2 Å². The molecule has 0 fully saturated rings. The number of carbonyl (C=O) groups is 1. The molecule has 2 aromatic carbocycles. The van der Waals surface area contributed by atoms with E-state index in [0.29, 0.717) is 18.1 Å². The van der Waals surface area contributed by atoms with Crippen LogP contribution in [0.1, 0.15) is 16.1 Å². The summed E-state index contributed by atoms with van der Waals surface area (Å²) in [7, 11) is 3.19. The molecule has 2 heterocycles. The van der Waals surface area contributed by atoms with Gasteiger partial charge in [0.25, 0.3) is 5.91 Å². The Balaban J connectivity index is 1.63. The zero-order chi connectivity index (χ0) is 21.6. The molecule has 0 aliphatic carbocycles. The number of nitrogens with one attached hydrogen (secondary N) is 1. The van der Waals surface area contributed by atoms with Crippen molar-refractivity contribution in [3.63, 3.8) is 0 Å². The first-order valence-corrected chi connectivity index (χ1v) is 9.75. The van der Waals surface area contributed by atoms with Gasteiger partial charge >= 0.3 is 0 Å². The molecule has 0 aliphatic rings. The van der Waals surface area contributed by atoms with Gasteiger partial charge in [0.15, 0.2) is 5.69 Å². The van der Waals surface area contributed by atoms with Crippen molar-refractivity contribution < 1.29 is 14.3 Å². The number of hydrogen-bond acceptors (Lipinski definition) is 5. The van der Waals surface area contributed by atoms with Gasteiger partial charge in [-0.3, -0.25) is 4.79 Å². The van der Waals surface area contributed by atoms with Gasteiger partial charge < -0.3 is 14.8 Å². The number of methoxy groups -OCH3 is 2. The first-order chi connectivity index (χ1) is 15.2. The Bertz CT molecular complexity index is 1170. The summed E-state index contributed by atoms with van der Waals surface area (Å²) in [5.74, 6) is 1.00. The standard InChI is InChI=1S/C24H22N4O3/c1-30-20-10-8-18(9-11-20)22-15-21(27-28(22)19-6-4-3-5-7-19)24(29)26-16-17-12-13-25-23(14-17)31-2/h3-15H,16H2,1-2H3,(H,26,29). The predicted molar refractivity (Wildman–Crippen MR) is 118 cm³/mol. The topological polar surface area (TPSA) is 78.3 Å². The number of rotatable bonds is 7. The van der Waals surface area contributed by atoms with Gasteiger partial charge in [0.1, 0.15) is 5.75 Å². The number of nitrogens with zero attached hydrogens (tertiary/aromatic N) is 3. The lowest BCUT2D eigenvalue weighted by Crippen LogP contribution is -2.23.